The molecule has 0 spiro atoms. The summed E-state index contributed by atoms with van der Waals surface area (Å²) in [7, 11) is 0. The van der Waals surface area contributed by atoms with Crippen molar-refractivity contribution >= 4 is 17.6 Å². The number of rotatable bonds is 14. The highest BCUT2D eigenvalue weighted by Crippen LogP contribution is 2.45. The molecule has 1 saturated carbocycles. The standard InChI is InChI=1S/C34H41ClN2O4/c1-4-39-34(38)32(41-29-15-9-26(10-16-29)23(2)3)19-24-7-13-28(14-8-24)40-18-17-36-33-30-21-37(22-31(30)33)20-25-5-11-27(35)12-6-25/h5-16,23,30-33,36H,4,17-22H2,1-3H3/t30-,31?,32-,33?/m0/s1. The molecule has 1 aliphatic carbocycles. The molecule has 1 heterocycles. The second-order valence-electron chi connectivity index (χ2n) is 11.4. The molecule has 3 aromatic rings. The van der Waals surface area contributed by atoms with Crippen molar-refractivity contribution in [3.63, 3.8) is 0 Å². The number of benzene rings is 3. The fourth-order valence-corrected chi connectivity index (χ4v) is 5.85. The number of esters is 1. The molecule has 2 aliphatic rings. The van der Waals surface area contributed by atoms with E-state index in [0.717, 1.165) is 54.4 Å². The number of nitrogens with one attached hydrogen (secondary N) is 1. The van der Waals surface area contributed by atoms with Crippen molar-refractivity contribution < 1.29 is 19.0 Å². The van der Waals surface area contributed by atoms with E-state index in [1.807, 2.05) is 60.7 Å². The molecule has 6 nitrogen and oxygen atoms in total. The Balaban J connectivity index is 1.03. The second-order valence-corrected chi connectivity index (χ2v) is 11.8. The minimum absolute atomic E-state index is 0.315. The lowest BCUT2D eigenvalue weighted by molar-refractivity contribution is -0.151. The fourth-order valence-electron chi connectivity index (χ4n) is 5.73. The molecule has 41 heavy (non-hydrogen) atoms. The average Bonchev–Trinajstić information content (AvgIpc) is 3.42. The Morgan fingerprint density at radius 1 is 0.927 bits per heavy atom. The van der Waals surface area contributed by atoms with Gasteiger partial charge in [-0.1, -0.05) is 61.8 Å². The molecule has 2 fully saturated rings. The van der Waals surface area contributed by atoms with Crippen molar-refractivity contribution in [2.24, 2.45) is 11.8 Å². The van der Waals surface area contributed by atoms with Crippen LogP contribution < -0.4 is 14.8 Å². The van der Waals surface area contributed by atoms with Crippen LogP contribution in [0.4, 0.5) is 0 Å². The van der Waals surface area contributed by atoms with Gasteiger partial charge in [0.1, 0.15) is 18.1 Å². The fraction of sp³-hybridized carbons (Fsp3) is 0.441. The molecule has 1 saturated heterocycles. The third kappa shape index (κ3) is 8.03. The highest BCUT2D eigenvalue weighted by atomic mass is 35.5. The van der Waals surface area contributed by atoms with Crippen LogP contribution in [0.2, 0.25) is 5.02 Å². The number of hydrogen-bond donors (Lipinski definition) is 1. The molecular weight excluding hydrogens is 536 g/mol. The number of ether oxygens (including phenoxy) is 3. The summed E-state index contributed by atoms with van der Waals surface area (Å²) in [5.41, 5.74) is 3.54. The first-order valence-electron chi connectivity index (χ1n) is 14.7. The van der Waals surface area contributed by atoms with Crippen molar-refractivity contribution in [1.29, 1.82) is 0 Å². The van der Waals surface area contributed by atoms with Crippen molar-refractivity contribution in [3.8, 4) is 11.5 Å². The van der Waals surface area contributed by atoms with Crippen molar-refractivity contribution in [2.45, 2.75) is 51.8 Å². The first kappa shape index (κ1) is 29.4. The monoisotopic (exact) mass is 576 g/mol. The van der Waals surface area contributed by atoms with Crippen LogP contribution in [0.1, 0.15) is 43.4 Å². The zero-order chi connectivity index (χ0) is 28.8. The molecule has 218 valence electrons. The van der Waals surface area contributed by atoms with E-state index < -0.39 is 6.10 Å². The topological polar surface area (TPSA) is 60.0 Å². The van der Waals surface area contributed by atoms with Gasteiger partial charge in [-0.05, 0) is 77.8 Å². The van der Waals surface area contributed by atoms with Crippen molar-refractivity contribution in [1.82, 2.24) is 10.2 Å². The highest BCUT2D eigenvalue weighted by molar-refractivity contribution is 6.30. The van der Waals surface area contributed by atoms with Gasteiger partial charge in [0.2, 0.25) is 0 Å². The maximum atomic E-state index is 12.6. The van der Waals surface area contributed by atoms with E-state index in [1.165, 1.54) is 11.1 Å². The average molecular weight is 577 g/mol. The molecule has 7 heteroatoms. The van der Waals surface area contributed by atoms with Gasteiger partial charge in [-0.2, -0.15) is 0 Å². The molecule has 0 bridgehead atoms. The summed E-state index contributed by atoms with van der Waals surface area (Å²) in [5, 5.41) is 4.47. The molecule has 1 aliphatic heterocycles. The molecule has 5 rings (SSSR count). The maximum Gasteiger partial charge on any atom is 0.347 e. The summed E-state index contributed by atoms with van der Waals surface area (Å²) >= 11 is 6.01. The van der Waals surface area contributed by atoms with E-state index in [-0.39, 0.29) is 5.97 Å². The molecule has 0 radical (unpaired) electrons. The molecule has 1 N–H and O–H groups in total. The predicted molar refractivity (Wildman–Crippen MR) is 163 cm³/mol. The lowest BCUT2D eigenvalue weighted by atomic mass is 10.0. The Kier molecular flexibility index (Phi) is 9.86. The van der Waals surface area contributed by atoms with Crippen LogP contribution in [0, 0.1) is 11.8 Å². The lowest BCUT2D eigenvalue weighted by Gasteiger charge is -2.20. The van der Waals surface area contributed by atoms with Gasteiger partial charge in [0.25, 0.3) is 0 Å². The number of nitrogens with zero attached hydrogens (tertiary/aromatic N) is 1. The van der Waals surface area contributed by atoms with Crippen LogP contribution in [0.15, 0.2) is 72.8 Å². The molecule has 2 unspecified atom stereocenters. The normalized spacial score (nSPS) is 20.5. The van der Waals surface area contributed by atoms with Gasteiger partial charge >= 0.3 is 5.97 Å². The molecule has 3 aromatic carbocycles. The summed E-state index contributed by atoms with van der Waals surface area (Å²) in [6, 6.07) is 24.6. The zero-order valence-electron chi connectivity index (χ0n) is 24.2. The van der Waals surface area contributed by atoms with Gasteiger partial charge in [-0.15, -0.1) is 0 Å². The quantitative estimate of drug-likeness (QED) is 0.184. The molecular formula is C34H41ClN2O4. The largest absolute Gasteiger partial charge is 0.492 e. The Morgan fingerprint density at radius 3 is 2.20 bits per heavy atom. The van der Waals surface area contributed by atoms with E-state index in [0.29, 0.717) is 37.3 Å². The van der Waals surface area contributed by atoms with E-state index >= 15 is 0 Å². The van der Waals surface area contributed by atoms with Crippen LogP contribution in [0.25, 0.3) is 0 Å². The molecule has 0 aromatic heterocycles. The van der Waals surface area contributed by atoms with Crippen LogP contribution >= 0.6 is 11.6 Å². The van der Waals surface area contributed by atoms with Crippen LogP contribution in [-0.4, -0.2) is 55.9 Å². The second kappa shape index (κ2) is 13.7. The Hall–Kier alpha value is -3.06. The summed E-state index contributed by atoms with van der Waals surface area (Å²) in [6.07, 6.45) is -0.289. The third-order valence-electron chi connectivity index (χ3n) is 8.06. The van der Waals surface area contributed by atoms with E-state index in [2.05, 4.69) is 36.2 Å². The first-order chi connectivity index (χ1) is 19.9. The summed E-state index contributed by atoms with van der Waals surface area (Å²) < 4.78 is 17.3. The Labute approximate surface area is 248 Å². The predicted octanol–water partition coefficient (Wildman–Crippen LogP) is 6.12. The third-order valence-corrected chi connectivity index (χ3v) is 8.31. The maximum absolute atomic E-state index is 12.6. The summed E-state index contributed by atoms with van der Waals surface area (Å²) in [4.78, 5) is 15.2. The van der Waals surface area contributed by atoms with E-state index in [1.54, 1.807) is 6.92 Å². The molecule has 4 atom stereocenters. The van der Waals surface area contributed by atoms with Crippen LogP contribution in [-0.2, 0) is 22.5 Å². The number of hydrogen-bond acceptors (Lipinski definition) is 6. The number of fused-ring (bicyclic) bond motifs is 1. The Bertz CT molecular complexity index is 1250. The number of piperidine rings is 1. The number of carbonyl (C=O) groups excluding carboxylic acids is 1. The SMILES string of the molecule is CCOC(=O)[C@H](Cc1ccc(OCCNC2C3CN(Cc4ccc(Cl)cc4)C[C@@H]32)cc1)Oc1ccc(C(C)C)cc1. The van der Waals surface area contributed by atoms with Crippen molar-refractivity contribution in [3.05, 3.63) is 94.5 Å². The van der Waals surface area contributed by atoms with E-state index in [4.69, 9.17) is 25.8 Å². The summed E-state index contributed by atoms with van der Waals surface area (Å²) in [6.45, 7) is 11.1. The molecule has 0 amide bonds. The first-order valence-corrected chi connectivity index (χ1v) is 15.1. The smallest absolute Gasteiger partial charge is 0.347 e. The van der Waals surface area contributed by atoms with Gasteiger partial charge < -0.3 is 19.5 Å². The lowest BCUT2D eigenvalue weighted by Crippen LogP contribution is -2.33. The number of likely N-dealkylation sites (tertiary alicyclic amines) is 1. The minimum atomic E-state index is -0.712. The van der Waals surface area contributed by atoms with E-state index in [9.17, 15) is 4.79 Å². The van der Waals surface area contributed by atoms with Crippen LogP contribution in [0.3, 0.4) is 0 Å². The van der Waals surface area contributed by atoms with Gasteiger partial charge in [0.15, 0.2) is 6.10 Å². The van der Waals surface area contributed by atoms with Gasteiger partial charge in [0.05, 0.1) is 6.61 Å². The van der Waals surface area contributed by atoms with Gasteiger partial charge in [-0.25, -0.2) is 4.79 Å². The minimum Gasteiger partial charge on any atom is -0.492 e. The van der Waals surface area contributed by atoms with Crippen LogP contribution in [0.5, 0.6) is 11.5 Å². The highest BCUT2D eigenvalue weighted by Gasteiger charge is 2.55. The Morgan fingerprint density at radius 2 is 1.56 bits per heavy atom. The van der Waals surface area contributed by atoms with Crippen molar-refractivity contribution in [2.75, 3.05) is 32.8 Å². The van der Waals surface area contributed by atoms with Gasteiger partial charge in [0, 0.05) is 43.7 Å². The summed E-state index contributed by atoms with van der Waals surface area (Å²) in [5.74, 6) is 3.04. The number of carbonyl (C=O) groups is 1. The van der Waals surface area contributed by atoms with Gasteiger partial charge in [-0.3, -0.25) is 4.90 Å². The zero-order valence-corrected chi connectivity index (χ0v) is 25.0. The number of halogens is 1.